The first-order chi connectivity index (χ1) is 12.9. The summed E-state index contributed by atoms with van der Waals surface area (Å²) in [5, 5.41) is 9.08. The number of rotatable bonds is 18. The molecule has 160 valence electrons. The maximum absolute atomic E-state index is 9.08. The molecule has 0 spiro atoms. The van der Waals surface area contributed by atoms with Crippen LogP contribution in [0.25, 0.3) is 0 Å². The first-order valence-electron chi connectivity index (χ1n) is 11.5. The second-order valence-electron chi connectivity index (χ2n) is 7.84. The Kier molecular flexibility index (Phi) is 20.1. The van der Waals surface area contributed by atoms with E-state index < -0.39 is 0 Å². The summed E-state index contributed by atoms with van der Waals surface area (Å²) in [7, 11) is 0. The van der Waals surface area contributed by atoms with Crippen molar-refractivity contribution < 1.29 is 22.4 Å². The molecule has 1 aliphatic rings. The zero-order valence-corrected chi connectivity index (χ0v) is 18.6. The number of aliphatic imine (C=N–C) groups is 1. The van der Waals surface area contributed by atoms with Crippen LogP contribution in [0.4, 0.5) is 0 Å². The minimum Gasteiger partial charge on any atom is -1.00 e. The zero-order chi connectivity index (χ0) is 18.7. The largest absolute Gasteiger partial charge is 1.00 e. The highest BCUT2D eigenvalue weighted by molar-refractivity contribution is 5.74. The number of allylic oxidation sites excluding steroid dienone is 2. The SMILES string of the molecule is CCCCCCCC/C=C\CCCCCCCCC1=NCC[NH+]1CCO.[Cl-]. The quantitative estimate of drug-likeness (QED) is 0.267. The third-order valence-corrected chi connectivity index (χ3v) is 5.46. The molecule has 0 aliphatic carbocycles. The van der Waals surface area contributed by atoms with Gasteiger partial charge in [-0.05, 0) is 32.1 Å². The molecule has 4 heteroatoms. The van der Waals surface area contributed by atoms with Crippen LogP contribution in [0, 0.1) is 0 Å². The highest BCUT2D eigenvalue weighted by atomic mass is 35.5. The van der Waals surface area contributed by atoms with Crippen LogP contribution in [0.15, 0.2) is 17.1 Å². The highest BCUT2D eigenvalue weighted by Crippen LogP contribution is 2.10. The Balaban J connectivity index is 0.00000676. The third-order valence-electron chi connectivity index (χ3n) is 5.46. The number of aliphatic hydroxyl groups is 1. The third kappa shape index (κ3) is 15.2. The van der Waals surface area contributed by atoms with Gasteiger partial charge in [0.05, 0.1) is 13.2 Å². The Morgan fingerprint density at radius 2 is 1.41 bits per heavy atom. The van der Waals surface area contributed by atoms with Crippen LogP contribution in [0.2, 0.25) is 0 Å². The number of nitrogens with zero attached hydrogens (tertiary/aromatic N) is 1. The summed E-state index contributed by atoms with van der Waals surface area (Å²) >= 11 is 0. The van der Waals surface area contributed by atoms with Crippen molar-refractivity contribution in [1.82, 2.24) is 0 Å². The molecule has 0 saturated heterocycles. The molecule has 0 fully saturated rings. The number of hydrogen-bond donors (Lipinski definition) is 2. The van der Waals surface area contributed by atoms with E-state index in [9.17, 15) is 0 Å². The first kappa shape index (κ1) is 26.6. The topological polar surface area (TPSA) is 37.0 Å². The van der Waals surface area contributed by atoms with Gasteiger partial charge in [-0.2, -0.15) is 0 Å². The van der Waals surface area contributed by atoms with E-state index in [1.54, 1.807) is 0 Å². The van der Waals surface area contributed by atoms with Crippen LogP contribution in [-0.2, 0) is 0 Å². The van der Waals surface area contributed by atoms with E-state index in [-0.39, 0.29) is 19.0 Å². The van der Waals surface area contributed by atoms with Crippen molar-refractivity contribution in [2.24, 2.45) is 4.99 Å². The van der Waals surface area contributed by atoms with Crippen molar-refractivity contribution in [2.75, 3.05) is 26.2 Å². The summed E-state index contributed by atoms with van der Waals surface area (Å²) in [5.74, 6) is 1.31. The molecule has 0 radical (unpaired) electrons. The fourth-order valence-electron chi connectivity index (χ4n) is 3.78. The monoisotopic (exact) mass is 400 g/mol. The van der Waals surface area contributed by atoms with Crippen molar-refractivity contribution in [3.8, 4) is 0 Å². The fraction of sp³-hybridized carbons (Fsp3) is 0.870. The van der Waals surface area contributed by atoms with Gasteiger partial charge in [0.2, 0.25) is 0 Å². The molecule has 0 aromatic heterocycles. The van der Waals surface area contributed by atoms with Crippen LogP contribution in [0.1, 0.15) is 103 Å². The molecule has 0 amide bonds. The summed E-state index contributed by atoms with van der Waals surface area (Å²) in [6.07, 6.45) is 25.0. The molecule has 2 N–H and O–H groups in total. The van der Waals surface area contributed by atoms with Crippen LogP contribution in [0.5, 0.6) is 0 Å². The summed E-state index contributed by atoms with van der Waals surface area (Å²) < 4.78 is 0. The van der Waals surface area contributed by atoms with Crippen LogP contribution >= 0.6 is 0 Å². The lowest BCUT2D eigenvalue weighted by Gasteiger charge is -2.12. The smallest absolute Gasteiger partial charge is 0.196 e. The molecular formula is C23H45ClN2O. The van der Waals surface area contributed by atoms with E-state index in [2.05, 4.69) is 24.1 Å². The average Bonchev–Trinajstić information content (AvgIpc) is 3.09. The normalized spacial score (nSPS) is 16.7. The van der Waals surface area contributed by atoms with Crippen molar-refractivity contribution in [2.45, 2.75) is 103 Å². The average molecular weight is 401 g/mol. The van der Waals surface area contributed by atoms with Gasteiger partial charge in [0, 0.05) is 6.42 Å². The standard InChI is InChI=1S/C23H44N2O.ClH/c1-2-3-4-5-6-7-8-9-10-11-12-13-14-15-16-17-18-23-24-19-20-25(23)21-22-26;/h9-10,26H,2-8,11-22H2,1H3;1H/b10-9-;. The first-order valence-corrected chi connectivity index (χ1v) is 11.5. The minimum absolute atomic E-state index is 0. The van der Waals surface area contributed by atoms with Crippen LogP contribution < -0.4 is 17.3 Å². The predicted molar refractivity (Wildman–Crippen MR) is 114 cm³/mol. The van der Waals surface area contributed by atoms with Gasteiger partial charge in [0.15, 0.2) is 5.84 Å². The minimum atomic E-state index is 0. The molecule has 0 aromatic rings. The maximum atomic E-state index is 9.08. The number of aliphatic hydroxyl groups excluding tert-OH is 1. The number of halogens is 1. The molecular weight excluding hydrogens is 356 g/mol. The summed E-state index contributed by atoms with van der Waals surface area (Å²) in [6.45, 7) is 5.44. The van der Waals surface area contributed by atoms with Crippen molar-refractivity contribution in [3.63, 3.8) is 0 Å². The molecule has 0 saturated carbocycles. The lowest BCUT2D eigenvalue weighted by Crippen LogP contribution is -3.13. The number of quaternary nitrogens is 1. The highest BCUT2D eigenvalue weighted by Gasteiger charge is 2.20. The fourth-order valence-corrected chi connectivity index (χ4v) is 3.78. The van der Waals surface area contributed by atoms with E-state index in [0.29, 0.717) is 0 Å². The summed E-state index contributed by atoms with van der Waals surface area (Å²) in [6, 6.07) is 0. The van der Waals surface area contributed by atoms with Crippen molar-refractivity contribution in [3.05, 3.63) is 12.2 Å². The van der Waals surface area contributed by atoms with Crippen LogP contribution in [-0.4, -0.2) is 37.2 Å². The summed E-state index contributed by atoms with van der Waals surface area (Å²) in [4.78, 5) is 6.02. The second-order valence-corrected chi connectivity index (χ2v) is 7.84. The Morgan fingerprint density at radius 3 is 2.00 bits per heavy atom. The van der Waals surface area contributed by atoms with Crippen molar-refractivity contribution in [1.29, 1.82) is 0 Å². The van der Waals surface area contributed by atoms with E-state index in [1.165, 1.54) is 101 Å². The molecule has 1 atom stereocenters. The maximum Gasteiger partial charge on any atom is 0.196 e. The van der Waals surface area contributed by atoms with Gasteiger partial charge in [0.25, 0.3) is 0 Å². The number of unbranched alkanes of at least 4 members (excludes halogenated alkanes) is 12. The zero-order valence-electron chi connectivity index (χ0n) is 17.9. The molecule has 27 heavy (non-hydrogen) atoms. The van der Waals surface area contributed by atoms with E-state index in [1.807, 2.05) is 0 Å². The van der Waals surface area contributed by atoms with Gasteiger partial charge < -0.3 is 17.5 Å². The molecule has 1 aliphatic heterocycles. The van der Waals surface area contributed by atoms with Crippen LogP contribution in [0.3, 0.4) is 0 Å². The van der Waals surface area contributed by atoms with Gasteiger partial charge in [-0.25, -0.2) is 4.99 Å². The van der Waals surface area contributed by atoms with Gasteiger partial charge in [-0.15, -0.1) is 0 Å². The Labute approximate surface area is 175 Å². The number of hydrogen-bond acceptors (Lipinski definition) is 2. The molecule has 1 rings (SSSR count). The van der Waals surface area contributed by atoms with E-state index >= 15 is 0 Å². The van der Waals surface area contributed by atoms with E-state index in [4.69, 9.17) is 5.11 Å². The van der Waals surface area contributed by atoms with Gasteiger partial charge in [-0.3, -0.25) is 4.90 Å². The summed E-state index contributed by atoms with van der Waals surface area (Å²) in [5.41, 5.74) is 0. The number of nitrogens with one attached hydrogen (secondary N) is 1. The predicted octanol–water partition coefficient (Wildman–Crippen LogP) is 1.71. The molecule has 1 heterocycles. The Morgan fingerprint density at radius 1 is 0.852 bits per heavy atom. The second kappa shape index (κ2) is 20.4. The number of amidine groups is 1. The Bertz CT molecular complexity index is 371. The molecule has 1 unspecified atom stereocenters. The van der Waals surface area contributed by atoms with E-state index in [0.717, 1.165) is 26.1 Å². The van der Waals surface area contributed by atoms with Gasteiger partial charge >= 0.3 is 0 Å². The molecule has 0 aromatic carbocycles. The lowest BCUT2D eigenvalue weighted by atomic mass is 10.1. The van der Waals surface area contributed by atoms with Gasteiger partial charge in [-0.1, -0.05) is 76.9 Å². The van der Waals surface area contributed by atoms with Crippen molar-refractivity contribution >= 4 is 5.84 Å². The van der Waals surface area contributed by atoms with Gasteiger partial charge in [0.1, 0.15) is 13.1 Å². The lowest BCUT2D eigenvalue weighted by molar-refractivity contribution is -0.800. The molecule has 0 bridgehead atoms. The molecule has 3 nitrogen and oxygen atoms in total. The Hall–Kier alpha value is -0.380.